The number of hydrogen-bond acceptors (Lipinski definition) is 4. The van der Waals surface area contributed by atoms with Crippen LogP contribution < -0.4 is 4.74 Å². The van der Waals surface area contributed by atoms with Crippen LogP contribution in [0.1, 0.15) is 11.1 Å². The molecular formula is C16H13FN4OS. The van der Waals surface area contributed by atoms with Crippen LogP contribution in [0.2, 0.25) is 0 Å². The highest BCUT2D eigenvalue weighted by atomic mass is 32.1. The third-order valence-electron chi connectivity index (χ3n) is 3.07. The summed E-state index contributed by atoms with van der Waals surface area (Å²) in [7, 11) is 0. The van der Waals surface area contributed by atoms with E-state index in [2.05, 4.69) is 15.3 Å². The lowest BCUT2D eigenvalue weighted by atomic mass is 10.2. The zero-order chi connectivity index (χ0) is 16.1. The summed E-state index contributed by atoms with van der Waals surface area (Å²) in [4.78, 5) is 0. The molecule has 3 rings (SSSR count). The van der Waals surface area contributed by atoms with Crippen molar-refractivity contribution in [3.63, 3.8) is 0 Å². The Morgan fingerprint density at radius 2 is 1.91 bits per heavy atom. The first kappa shape index (κ1) is 15.1. The van der Waals surface area contributed by atoms with Gasteiger partial charge in [-0.3, -0.25) is 5.10 Å². The Hall–Kier alpha value is -2.80. The SMILES string of the molecule is Fc1ccc(COc2ccc(/C=N/n3cn[nH]c3=S)cc2)cc1. The number of aromatic amines is 1. The van der Waals surface area contributed by atoms with Crippen molar-refractivity contribution >= 4 is 18.4 Å². The highest BCUT2D eigenvalue weighted by Gasteiger charge is 1.97. The van der Waals surface area contributed by atoms with E-state index in [4.69, 9.17) is 17.0 Å². The van der Waals surface area contributed by atoms with Gasteiger partial charge in [-0.1, -0.05) is 12.1 Å². The van der Waals surface area contributed by atoms with Gasteiger partial charge in [0.1, 0.15) is 24.5 Å². The zero-order valence-electron chi connectivity index (χ0n) is 12.0. The van der Waals surface area contributed by atoms with Crippen molar-refractivity contribution in [3.8, 4) is 5.75 Å². The number of nitrogens with zero attached hydrogens (tertiary/aromatic N) is 3. The number of aromatic nitrogens is 3. The molecule has 116 valence electrons. The molecule has 5 nitrogen and oxygen atoms in total. The first-order valence-electron chi connectivity index (χ1n) is 6.84. The van der Waals surface area contributed by atoms with Gasteiger partial charge in [-0.15, -0.1) is 0 Å². The van der Waals surface area contributed by atoms with E-state index >= 15 is 0 Å². The van der Waals surface area contributed by atoms with Gasteiger partial charge in [0.2, 0.25) is 4.77 Å². The van der Waals surface area contributed by atoms with Gasteiger partial charge in [-0.25, -0.2) is 4.39 Å². The molecule has 0 aliphatic carbocycles. The molecule has 0 aliphatic rings. The van der Waals surface area contributed by atoms with Crippen LogP contribution in [0.15, 0.2) is 60.0 Å². The molecular weight excluding hydrogens is 315 g/mol. The molecule has 1 aromatic heterocycles. The maximum Gasteiger partial charge on any atom is 0.216 e. The maximum absolute atomic E-state index is 12.8. The smallest absolute Gasteiger partial charge is 0.216 e. The number of halogens is 1. The first-order valence-corrected chi connectivity index (χ1v) is 7.25. The number of hydrogen-bond donors (Lipinski definition) is 1. The van der Waals surface area contributed by atoms with E-state index in [-0.39, 0.29) is 5.82 Å². The highest BCUT2D eigenvalue weighted by molar-refractivity contribution is 7.71. The Labute approximate surface area is 137 Å². The fraction of sp³-hybridized carbons (Fsp3) is 0.0625. The Balaban J connectivity index is 1.60. The van der Waals surface area contributed by atoms with Crippen molar-refractivity contribution < 1.29 is 9.13 Å². The molecule has 2 aromatic carbocycles. The van der Waals surface area contributed by atoms with Gasteiger partial charge in [-0.05, 0) is 59.7 Å². The summed E-state index contributed by atoms with van der Waals surface area (Å²) in [6.45, 7) is 0.387. The molecule has 0 aliphatic heterocycles. The molecule has 0 atom stereocenters. The minimum absolute atomic E-state index is 0.255. The molecule has 0 spiro atoms. The number of rotatable bonds is 5. The molecule has 0 amide bonds. The lowest BCUT2D eigenvalue weighted by Gasteiger charge is -2.06. The quantitative estimate of drug-likeness (QED) is 0.576. The third kappa shape index (κ3) is 4.10. The van der Waals surface area contributed by atoms with Crippen LogP contribution in [-0.4, -0.2) is 21.1 Å². The lowest BCUT2D eigenvalue weighted by Crippen LogP contribution is -1.95. The Kier molecular flexibility index (Phi) is 4.58. The first-order chi connectivity index (χ1) is 11.2. The van der Waals surface area contributed by atoms with E-state index in [1.807, 2.05) is 24.3 Å². The molecule has 0 saturated carbocycles. The molecule has 7 heteroatoms. The van der Waals surface area contributed by atoms with Gasteiger partial charge in [0.25, 0.3) is 0 Å². The van der Waals surface area contributed by atoms with Gasteiger partial charge in [0.05, 0.1) is 6.21 Å². The van der Waals surface area contributed by atoms with Gasteiger partial charge in [0, 0.05) is 0 Å². The number of H-pyrrole nitrogens is 1. The fourth-order valence-corrected chi connectivity index (χ4v) is 2.00. The summed E-state index contributed by atoms with van der Waals surface area (Å²) in [5, 5.41) is 10.6. The molecule has 3 aromatic rings. The average Bonchev–Trinajstić information content (AvgIpc) is 2.98. The van der Waals surface area contributed by atoms with Crippen molar-refractivity contribution in [2.24, 2.45) is 5.10 Å². The second-order valence-electron chi connectivity index (χ2n) is 4.73. The lowest BCUT2D eigenvalue weighted by molar-refractivity contribution is 0.306. The van der Waals surface area contributed by atoms with Crippen LogP contribution in [0, 0.1) is 10.6 Å². The van der Waals surface area contributed by atoms with E-state index < -0.39 is 0 Å². The van der Waals surface area contributed by atoms with Crippen LogP contribution in [0.4, 0.5) is 4.39 Å². The summed E-state index contributed by atoms with van der Waals surface area (Å²) >= 11 is 5.00. The molecule has 0 radical (unpaired) electrons. The summed E-state index contributed by atoms with van der Waals surface area (Å²) in [5.41, 5.74) is 1.81. The normalized spacial score (nSPS) is 11.0. The Morgan fingerprint density at radius 3 is 2.57 bits per heavy atom. The van der Waals surface area contributed by atoms with Crippen LogP contribution in [0.3, 0.4) is 0 Å². The zero-order valence-corrected chi connectivity index (χ0v) is 12.8. The second-order valence-corrected chi connectivity index (χ2v) is 5.12. The summed E-state index contributed by atoms with van der Waals surface area (Å²) in [5.74, 6) is 0.474. The minimum Gasteiger partial charge on any atom is -0.489 e. The van der Waals surface area contributed by atoms with Crippen molar-refractivity contribution in [2.45, 2.75) is 6.61 Å². The number of benzene rings is 2. The number of nitrogens with one attached hydrogen (secondary N) is 1. The summed E-state index contributed by atoms with van der Waals surface area (Å²) in [6, 6.07) is 13.7. The van der Waals surface area contributed by atoms with Crippen LogP contribution in [0.25, 0.3) is 0 Å². The summed E-state index contributed by atoms with van der Waals surface area (Å²) < 4.78 is 20.4. The topological polar surface area (TPSA) is 55.2 Å². The van der Waals surface area contributed by atoms with Crippen molar-refractivity contribution in [3.05, 3.63) is 76.6 Å². The Bertz CT molecular complexity index is 853. The predicted molar refractivity (Wildman–Crippen MR) is 87.6 cm³/mol. The van der Waals surface area contributed by atoms with E-state index in [1.54, 1.807) is 18.3 Å². The van der Waals surface area contributed by atoms with Gasteiger partial charge < -0.3 is 4.74 Å². The van der Waals surface area contributed by atoms with Gasteiger partial charge >= 0.3 is 0 Å². The summed E-state index contributed by atoms with van der Waals surface area (Å²) in [6.07, 6.45) is 3.17. The monoisotopic (exact) mass is 328 g/mol. The predicted octanol–water partition coefficient (Wildman–Crippen LogP) is 3.54. The van der Waals surface area contributed by atoms with Gasteiger partial charge in [0.15, 0.2) is 0 Å². The van der Waals surface area contributed by atoms with Crippen LogP contribution >= 0.6 is 12.2 Å². The molecule has 23 heavy (non-hydrogen) atoms. The third-order valence-corrected chi connectivity index (χ3v) is 3.34. The molecule has 1 heterocycles. The fourth-order valence-electron chi connectivity index (χ4n) is 1.85. The standard InChI is InChI=1S/C16H13FN4OS/c17-14-5-1-13(2-6-14)10-22-15-7-3-12(4-8-15)9-19-21-11-18-20-16(21)23/h1-9,11H,10H2,(H,20,23)/b19-9+. The largest absolute Gasteiger partial charge is 0.489 e. The second kappa shape index (κ2) is 6.97. The van der Waals surface area contributed by atoms with E-state index in [0.29, 0.717) is 11.4 Å². The van der Waals surface area contributed by atoms with Crippen molar-refractivity contribution in [1.29, 1.82) is 0 Å². The van der Waals surface area contributed by atoms with Crippen molar-refractivity contribution in [1.82, 2.24) is 14.9 Å². The van der Waals surface area contributed by atoms with E-state index in [9.17, 15) is 4.39 Å². The molecule has 0 unspecified atom stereocenters. The minimum atomic E-state index is -0.255. The maximum atomic E-state index is 12.8. The van der Waals surface area contributed by atoms with E-state index in [1.165, 1.54) is 23.1 Å². The molecule has 0 fully saturated rings. The molecule has 1 N–H and O–H groups in total. The van der Waals surface area contributed by atoms with Crippen LogP contribution in [0.5, 0.6) is 5.75 Å². The van der Waals surface area contributed by atoms with Crippen LogP contribution in [-0.2, 0) is 6.61 Å². The van der Waals surface area contributed by atoms with E-state index in [0.717, 1.165) is 16.9 Å². The van der Waals surface area contributed by atoms with Crippen molar-refractivity contribution in [2.75, 3.05) is 0 Å². The average molecular weight is 328 g/mol. The molecule has 0 saturated heterocycles. The number of ether oxygens (including phenoxy) is 1. The van der Waals surface area contributed by atoms with Gasteiger partial charge in [-0.2, -0.15) is 14.9 Å². The molecule has 0 bridgehead atoms. The Morgan fingerprint density at radius 1 is 1.17 bits per heavy atom. The highest BCUT2D eigenvalue weighted by Crippen LogP contribution is 2.14.